The molecule has 112 valence electrons. The van der Waals surface area contributed by atoms with Crippen LogP contribution in [-0.4, -0.2) is 45.2 Å². The van der Waals surface area contributed by atoms with Crippen molar-refractivity contribution in [2.75, 3.05) is 19.7 Å². The van der Waals surface area contributed by atoms with E-state index in [0.717, 1.165) is 16.5 Å². The number of rotatable bonds is 6. The zero-order valence-corrected chi connectivity index (χ0v) is 13.1. The minimum Gasteiger partial charge on any atom is -0.395 e. The average Bonchev–Trinajstić information content (AvgIpc) is 3.06. The molecule has 0 radical (unpaired) electrons. The maximum Gasteiger partial charge on any atom is 0.256 e. The number of nitrogens with zero attached hydrogens (tertiary/aromatic N) is 3. The van der Waals surface area contributed by atoms with Crippen LogP contribution in [0.3, 0.4) is 0 Å². The fourth-order valence-corrected chi connectivity index (χ4v) is 3.07. The predicted molar refractivity (Wildman–Crippen MR) is 84.1 cm³/mol. The second kappa shape index (κ2) is 6.69. The van der Waals surface area contributed by atoms with E-state index >= 15 is 0 Å². The highest BCUT2D eigenvalue weighted by atomic mass is 32.1. The van der Waals surface area contributed by atoms with Crippen molar-refractivity contribution in [1.82, 2.24) is 14.5 Å². The van der Waals surface area contributed by atoms with E-state index in [1.165, 1.54) is 11.3 Å². The highest BCUT2D eigenvalue weighted by Crippen LogP contribution is 2.23. The third-order valence-electron chi connectivity index (χ3n) is 3.28. The van der Waals surface area contributed by atoms with Crippen molar-refractivity contribution in [3.63, 3.8) is 0 Å². The van der Waals surface area contributed by atoms with Crippen molar-refractivity contribution in [3.8, 4) is 5.13 Å². The van der Waals surface area contributed by atoms with E-state index in [1.807, 2.05) is 29.9 Å². The minimum absolute atomic E-state index is 0.0647. The van der Waals surface area contributed by atoms with E-state index in [4.69, 9.17) is 5.11 Å². The number of carbonyl (C=O) groups excluding carboxylic acids is 1. The van der Waals surface area contributed by atoms with Crippen LogP contribution in [0.2, 0.25) is 0 Å². The summed E-state index contributed by atoms with van der Waals surface area (Å²) in [5.74, 6) is -0.0974. The lowest BCUT2D eigenvalue weighted by molar-refractivity contribution is 0.0742. The molecule has 0 spiro atoms. The van der Waals surface area contributed by atoms with Gasteiger partial charge in [0, 0.05) is 36.1 Å². The summed E-state index contributed by atoms with van der Waals surface area (Å²) in [4.78, 5) is 18.5. The van der Waals surface area contributed by atoms with Crippen molar-refractivity contribution < 1.29 is 9.90 Å². The van der Waals surface area contributed by atoms with Gasteiger partial charge in [-0.05, 0) is 19.9 Å². The summed E-state index contributed by atoms with van der Waals surface area (Å²) in [6.45, 7) is 8.17. The Labute approximate surface area is 128 Å². The first-order valence-corrected chi connectivity index (χ1v) is 7.58. The largest absolute Gasteiger partial charge is 0.395 e. The molecule has 0 bridgehead atoms. The lowest BCUT2D eigenvalue weighted by Crippen LogP contribution is -2.33. The number of aliphatic hydroxyl groups is 1. The molecule has 2 aromatic rings. The SMILES string of the molecule is C=CCN(CCO)C(=O)c1cc(C)n(-c2nccs2)c1C. The molecule has 2 rings (SSSR count). The zero-order chi connectivity index (χ0) is 15.4. The third kappa shape index (κ3) is 3.06. The van der Waals surface area contributed by atoms with Crippen molar-refractivity contribution in [2.45, 2.75) is 13.8 Å². The van der Waals surface area contributed by atoms with Gasteiger partial charge in [0.05, 0.1) is 12.2 Å². The van der Waals surface area contributed by atoms with Gasteiger partial charge in [0.15, 0.2) is 5.13 Å². The van der Waals surface area contributed by atoms with Crippen molar-refractivity contribution in [3.05, 3.63) is 47.2 Å². The molecule has 0 aliphatic carbocycles. The highest BCUT2D eigenvalue weighted by Gasteiger charge is 2.21. The lowest BCUT2D eigenvalue weighted by atomic mass is 10.2. The third-order valence-corrected chi connectivity index (χ3v) is 4.04. The van der Waals surface area contributed by atoms with E-state index in [1.54, 1.807) is 17.2 Å². The maximum atomic E-state index is 12.6. The number of hydrogen-bond acceptors (Lipinski definition) is 4. The van der Waals surface area contributed by atoms with Gasteiger partial charge in [-0.2, -0.15) is 0 Å². The molecule has 21 heavy (non-hydrogen) atoms. The van der Waals surface area contributed by atoms with Crippen molar-refractivity contribution in [2.24, 2.45) is 0 Å². The van der Waals surface area contributed by atoms with Gasteiger partial charge >= 0.3 is 0 Å². The van der Waals surface area contributed by atoms with Crippen LogP contribution in [-0.2, 0) is 0 Å². The van der Waals surface area contributed by atoms with Crippen LogP contribution in [0.15, 0.2) is 30.3 Å². The summed E-state index contributed by atoms with van der Waals surface area (Å²) in [7, 11) is 0. The first kappa shape index (κ1) is 15.5. The Hall–Kier alpha value is -1.92. The summed E-state index contributed by atoms with van der Waals surface area (Å²) in [6.07, 6.45) is 3.41. The average molecular weight is 305 g/mol. The van der Waals surface area contributed by atoms with E-state index in [0.29, 0.717) is 18.7 Å². The van der Waals surface area contributed by atoms with Crippen LogP contribution >= 0.6 is 11.3 Å². The Morgan fingerprint density at radius 2 is 2.33 bits per heavy atom. The molecule has 1 amide bonds. The number of hydrogen-bond donors (Lipinski definition) is 1. The molecule has 2 heterocycles. The smallest absolute Gasteiger partial charge is 0.256 e. The number of carbonyl (C=O) groups is 1. The van der Waals surface area contributed by atoms with Crippen LogP contribution < -0.4 is 0 Å². The Morgan fingerprint density at radius 1 is 1.57 bits per heavy atom. The summed E-state index contributed by atoms with van der Waals surface area (Å²) in [5, 5.41) is 11.9. The second-order valence-electron chi connectivity index (χ2n) is 4.70. The van der Waals surface area contributed by atoms with Crippen LogP contribution in [0.4, 0.5) is 0 Å². The number of amides is 1. The summed E-state index contributed by atoms with van der Waals surface area (Å²) in [5.41, 5.74) is 2.46. The second-order valence-corrected chi connectivity index (χ2v) is 5.57. The van der Waals surface area contributed by atoms with Gasteiger partial charge in [0.1, 0.15) is 0 Å². The fraction of sp³-hybridized carbons (Fsp3) is 0.333. The molecule has 1 N–H and O–H groups in total. The zero-order valence-electron chi connectivity index (χ0n) is 12.2. The first-order chi connectivity index (χ1) is 10.1. The Kier molecular flexibility index (Phi) is 4.93. The van der Waals surface area contributed by atoms with Crippen LogP contribution in [0.25, 0.3) is 5.13 Å². The molecule has 5 nitrogen and oxygen atoms in total. The Morgan fingerprint density at radius 3 is 2.90 bits per heavy atom. The summed E-state index contributed by atoms with van der Waals surface area (Å²) < 4.78 is 1.98. The van der Waals surface area contributed by atoms with Gasteiger partial charge in [-0.3, -0.25) is 9.36 Å². The highest BCUT2D eigenvalue weighted by molar-refractivity contribution is 7.12. The van der Waals surface area contributed by atoms with Gasteiger partial charge in [-0.25, -0.2) is 4.98 Å². The standard InChI is InChI=1S/C15H19N3O2S/c1-4-6-17(7-8-19)14(20)13-10-11(2)18(12(13)3)15-16-5-9-21-15/h4-5,9-10,19H,1,6-8H2,2-3H3. The van der Waals surface area contributed by atoms with E-state index < -0.39 is 0 Å². The molecule has 2 aromatic heterocycles. The molecule has 0 saturated carbocycles. The van der Waals surface area contributed by atoms with Crippen LogP contribution in [0.5, 0.6) is 0 Å². The first-order valence-electron chi connectivity index (χ1n) is 6.70. The molecule has 0 saturated heterocycles. The van der Waals surface area contributed by atoms with Crippen LogP contribution in [0, 0.1) is 13.8 Å². The van der Waals surface area contributed by atoms with Crippen LogP contribution in [0.1, 0.15) is 21.7 Å². The number of thiazole rings is 1. The maximum absolute atomic E-state index is 12.6. The Bertz CT molecular complexity index is 632. The molecule has 0 unspecified atom stereocenters. The van der Waals surface area contributed by atoms with Crippen molar-refractivity contribution >= 4 is 17.2 Å². The fourth-order valence-electron chi connectivity index (χ4n) is 2.32. The van der Waals surface area contributed by atoms with Gasteiger partial charge < -0.3 is 10.0 Å². The van der Waals surface area contributed by atoms with Gasteiger partial charge in [-0.15, -0.1) is 17.9 Å². The Balaban J connectivity index is 2.38. The number of aliphatic hydroxyl groups excluding tert-OH is 1. The minimum atomic E-state index is -0.0974. The molecular formula is C15H19N3O2S. The normalized spacial score (nSPS) is 10.6. The summed E-state index contributed by atoms with van der Waals surface area (Å²) in [6, 6.07) is 1.87. The van der Waals surface area contributed by atoms with Gasteiger partial charge in [-0.1, -0.05) is 6.08 Å². The molecule has 0 aliphatic rings. The van der Waals surface area contributed by atoms with Crippen molar-refractivity contribution in [1.29, 1.82) is 0 Å². The molecule has 0 aromatic carbocycles. The van der Waals surface area contributed by atoms with E-state index in [2.05, 4.69) is 11.6 Å². The van der Waals surface area contributed by atoms with Gasteiger partial charge in [0.2, 0.25) is 0 Å². The molecule has 0 aliphatic heterocycles. The summed E-state index contributed by atoms with van der Waals surface area (Å²) >= 11 is 1.53. The quantitative estimate of drug-likeness (QED) is 0.832. The van der Waals surface area contributed by atoms with E-state index in [-0.39, 0.29) is 12.5 Å². The molecule has 6 heteroatoms. The lowest BCUT2D eigenvalue weighted by Gasteiger charge is -2.20. The molecular weight excluding hydrogens is 286 g/mol. The monoisotopic (exact) mass is 305 g/mol. The number of aromatic nitrogens is 2. The predicted octanol–water partition coefficient (Wildman–Crippen LogP) is 2.17. The number of aryl methyl sites for hydroxylation is 1. The van der Waals surface area contributed by atoms with Gasteiger partial charge in [0.25, 0.3) is 5.91 Å². The molecule has 0 atom stereocenters. The topological polar surface area (TPSA) is 58.4 Å². The van der Waals surface area contributed by atoms with E-state index in [9.17, 15) is 4.79 Å². The molecule has 0 fully saturated rings.